The normalized spacial score (nSPS) is 29.6. The van der Waals surface area contributed by atoms with Gasteiger partial charge in [0.15, 0.2) is 0 Å². The molecule has 0 spiro atoms. The van der Waals surface area contributed by atoms with Gasteiger partial charge in [-0.2, -0.15) is 0 Å². The van der Waals surface area contributed by atoms with E-state index in [9.17, 15) is 8.78 Å². The molecule has 3 rings (SSSR count). The number of halogens is 2. The monoisotopic (exact) mass is 294 g/mol. The zero-order valence-corrected chi connectivity index (χ0v) is 13.0. The lowest BCUT2D eigenvalue weighted by Gasteiger charge is -2.52. The minimum atomic E-state index is -0.493. The van der Waals surface area contributed by atoms with Crippen LogP contribution in [-0.4, -0.2) is 29.1 Å². The standard InChI is InChI=1S/C17H24F2N2/c1-16(2)11-21(17(3,10-20-16)13-4-5-13)9-12-6-14(18)8-15(19)7-12/h6-8,13,20H,4-5,9-11H2,1-3H3. The number of hydrogen-bond donors (Lipinski definition) is 1. The zero-order chi connectivity index (χ0) is 15.3. The molecule has 2 aliphatic rings. The van der Waals surface area contributed by atoms with E-state index in [-0.39, 0.29) is 11.1 Å². The molecule has 0 radical (unpaired) electrons. The van der Waals surface area contributed by atoms with E-state index in [0.717, 1.165) is 24.7 Å². The first-order valence-electron chi connectivity index (χ1n) is 7.74. The fraction of sp³-hybridized carbons (Fsp3) is 0.647. The maximum absolute atomic E-state index is 13.4. The van der Waals surface area contributed by atoms with Crippen LogP contribution in [0.5, 0.6) is 0 Å². The number of benzene rings is 1. The molecular formula is C17H24F2N2. The van der Waals surface area contributed by atoms with E-state index in [1.54, 1.807) is 0 Å². The van der Waals surface area contributed by atoms with Gasteiger partial charge >= 0.3 is 0 Å². The molecule has 2 nitrogen and oxygen atoms in total. The van der Waals surface area contributed by atoms with E-state index in [4.69, 9.17) is 0 Å². The second kappa shape index (κ2) is 5.03. The van der Waals surface area contributed by atoms with Crippen LogP contribution in [0, 0.1) is 17.6 Å². The van der Waals surface area contributed by atoms with Gasteiger partial charge in [-0.3, -0.25) is 4.90 Å². The summed E-state index contributed by atoms with van der Waals surface area (Å²) in [6.07, 6.45) is 2.51. The fourth-order valence-corrected chi connectivity index (χ4v) is 3.51. The molecule has 1 N–H and O–H groups in total. The molecule has 1 aromatic carbocycles. The highest BCUT2D eigenvalue weighted by atomic mass is 19.1. The van der Waals surface area contributed by atoms with Crippen LogP contribution in [0.3, 0.4) is 0 Å². The lowest BCUT2D eigenvalue weighted by atomic mass is 9.85. The van der Waals surface area contributed by atoms with Crippen molar-refractivity contribution in [2.45, 2.75) is 51.2 Å². The molecule has 1 aliphatic heterocycles. The van der Waals surface area contributed by atoms with Crippen LogP contribution in [0.4, 0.5) is 8.78 Å². The number of nitrogens with zero attached hydrogens (tertiary/aromatic N) is 1. The van der Waals surface area contributed by atoms with E-state index in [2.05, 4.69) is 31.0 Å². The number of hydrogen-bond acceptors (Lipinski definition) is 2. The first-order chi connectivity index (χ1) is 9.78. The molecule has 1 heterocycles. The van der Waals surface area contributed by atoms with Crippen molar-refractivity contribution < 1.29 is 8.78 Å². The Labute approximate surface area is 125 Å². The maximum atomic E-state index is 13.4. The third-order valence-corrected chi connectivity index (χ3v) is 4.99. The van der Waals surface area contributed by atoms with Crippen LogP contribution in [0.2, 0.25) is 0 Å². The SMILES string of the molecule is CC1(C)CN(Cc2cc(F)cc(F)c2)C(C)(C2CC2)CN1. The Morgan fingerprint density at radius 3 is 2.33 bits per heavy atom. The highest BCUT2D eigenvalue weighted by Crippen LogP contribution is 2.45. The largest absolute Gasteiger partial charge is 0.309 e. The molecule has 0 aromatic heterocycles. The maximum Gasteiger partial charge on any atom is 0.126 e. The summed E-state index contributed by atoms with van der Waals surface area (Å²) >= 11 is 0. The summed E-state index contributed by atoms with van der Waals surface area (Å²) in [5.41, 5.74) is 0.829. The summed E-state index contributed by atoms with van der Waals surface area (Å²) < 4.78 is 26.9. The van der Waals surface area contributed by atoms with Crippen molar-refractivity contribution in [3.63, 3.8) is 0 Å². The summed E-state index contributed by atoms with van der Waals surface area (Å²) in [6.45, 7) is 9.06. The van der Waals surface area contributed by atoms with E-state index in [1.807, 2.05) is 0 Å². The van der Waals surface area contributed by atoms with Gasteiger partial charge in [-0.1, -0.05) is 0 Å². The molecule has 21 heavy (non-hydrogen) atoms. The Morgan fingerprint density at radius 2 is 1.76 bits per heavy atom. The van der Waals surface area contributed by atoms with Gasteiger partial charge in [-0.15, -0.1) is 0 Å². The molecule has 0 amide bonds. The van der Waals surface area contributed by atoms with Crippen molar-refractivity contribution >= 4 is 0 Å². The van der Waals surface area contributed by atoms with Crippen molar-refractivity contribution in [1.82, 2.24) is 10.2 Å². The van der Waals surface area contributed by atoms with Gasteiger partial charge in [-0.05, 0) is 57.2 Å². The Kier molecular flexibility index (Phi) is 3.57. The van der Waals surface area contributed by atoms with Gasteiger partial charge in [-0.25, -0.2) is 8.78 Å². The average Bonchev–Trinajstić information content (AvgIpc) is 3.17. The predicted octanol–water partition coefficient (Wildman–Crippen LogP) is 3.32. The highest BCUT2D eigenvalue weighted by Gasteiger charge is 2.49. The highest BCUT2D eigenvalue weighted by molar-refractivity contribution is 5.19. The Morgan fingerprint density at radius 1 is 1.14 bits per heavy atom. The summed E-state index contributed by atoms with van der Waals surface area (Å²) in [6, 6.07) is 3.84. The lowest BCUT2D eigenvalue weighted by molar-refractivity contribution is 0.00509. The topological polar surface area (TPSA) is 15.3 Å². The molecule has 2 fully saturated rings. The molecule has 1 unspecified atom stereocenters. The minimum absolute atomic E-state index is 0.0280. The van der Waals surface area contributed by atoms with Crippen LogP contribution < -0.4 is 5.32 Å². The van der Waals surface area contributed by atoms with Crippen molar-refractivity contribution in [2.75, 3.05) is 13.1 Å². The number of nitrogens with one attached hydrogen (secondary N) is 1. The lowest BCUT2D eigenvalue weighted by Crippen LogP contribution is -2.67. The summed E-state index contributed by atoms with van der Waals surface area (Å²) in [5, 5.41) is 3.62. The Balaban J connectivity index is 1.85. The van der Waals surface area contributed by atoms with Crippen LogP contribution in [0.25, 0.3) is 0 Å². The smallest absolute Gasteiger partial charge is 0.126 e. The molecule has 1 aliphatic carbocycles. The third-order valence-electron chi connectivity index (χ3n) is 4.99. The van der Waals surface area contributed by atoms with Crippen LogP contribution in [0.15, 0.2) is 18.2 Å². The summed E-state index contributed by atoms with van der Waals surface area (Å²) in [5.74, 6) is -0.292. The van der Waals surface area contributed by atoms with Gasteiger partial charge in [0.1, 0.15) is 11.6 Å². The van der Waals surface area contributed by atoms with E-state index in [1.165, 1.54) is 25.0 Å². The number of piperazine rings is 1. The first kappa shape index (κ1) is 14.9. The van der Waals surface area contributed by atoms with Gasteiger partial charge in [0.2, 0.25) is 0 Å². The molecule has 0 bridgehead atoms. The van der Waals surface area contributed by atoms with Gasteiger partial charge < -0.3 is 5.32 Å². The molecule has 116 valence electrons. The van der Waals surface area contributed by atoms with Crippen molar-refractivity contribution in [3.8, 4) is 0 Å². The molecule has 4 heteroatoms. The zero-order valence-electron chi connectivity index (χ0n) is 13.0. The van der Waals surface area contributed by atoms with Crippen LogP contribution in [0.1, 0.15) is 39.2 Å². The Bertz CT molecular complexity index is 519. The second-order valence-corrected chi connectivity index (χ2v) is 7.50. The first-order valence-corrected chi connectivity index (χ1v) is 7.74. The van der Waals surface area contributed by atoms with Gasteiger partial charge in [0.05, 0.1) is 0 Å². The molecule has 1 saturated carbocycles. The summed E-state index contributed by atoms with van der Waals surface area (Å²) in [4.78, 5) is 2.41. The molecule has 1 aromatic rings. The summed E-state index contributed by atoms with van der Waals surface area (Å²) in [7, 11) is 0. The predicted molar refractivity (Wildman–Crippen MR) is 80.0 cm³/mol. The molecular weight excluding hydrogens is 270 g/mol. The van der Waals surface area contributed by atoms with E-state index in [0.29, 0.717) is 12.5 Å². The van der Waals surface area contributed by atoms with Gasteiger partial charge in [0.25, 0.3) is 0 Å². The van der Waals surface area contributed by atoms with E-state index < -0.39 is 11.6 Å². The second-order valence-electron chi connectivity index (χ2n) is 7.50. The molecule has 1 saturated heterocycles. The average molecular weight is 294 g/mol. The van der Waals surface area contributed by atoms with Crippen LogP contribution in [-0.2, 0) is 6.54 Å². The quantitative estimate of drug-likeness (QED) is 0.920. The fourth-order valence-electron chi connectivity index (χ4n) is 3.51. The minimum Gasteiger partial charge on any atom is -0.309 e. The van der Waals surface area contributed by atoms with E-state index >= 15 is 0 Å². The van der Waals surface area contributed by atoms with Crippen molar-refractivity contribution in [1.29, 1.82) is 0 Å². The third kappa shape index (κ3) is 3.11. The van der Waals surface area contributed by atoms with Crippen LogP contribution >= 0.6 is 0 Å². The Hall–Kier alpha value is -1.00. The van der Waals surface area contributed by atoms with Crippen molar-refractivity contribution in [2.24, 2.45) is 5.92 Å². The molecule has 1 atom stereocenters. The number of rotatable bonds is 3. The van der Waals surface area contributed by atoms with Gasteiger partial charge in [0, 0.05) is 36.8 Å². The van der Waals surface area contributed by atoms with Crippen molar-refractivity contribution in [3.05, 3.63) is 35.4 Å².